The highest BCUT2D eigenvalue weighted by atomic mass is 32.2. The van der Waals surface area contributed by atoms with Crippen LogP contribution < -0.4 is 19.6 Å². The zero-order chi connectivity index (χ0) is 42.5. The number of benzene rings is 2. The summed E-state index contributed by atoms with van der Waals surface area (Å²) in [5, 5.41) is 0.773. The van der Waals surface area contributed by atoms with Gasteiger partial charge >= 0.3 is 5.63 Å². The van der Waals surface area contributed by atoms with Crippen molar-refractivity contribution in [1.82, 2.24) is 14.0 Å². The van der Waals surface area contributed by atoms with E-state index in [2.05, 4.69) is 113 Å². The molecule has 0 radical (unpaired) electrons. The molecule has 4 aromatic rings. The van der Waals surface area contributed by atoms with Crippen LogP contribution in [0.1, 0.15) is 103 Å². The van der Waals surface area contributed by atoms with Gasteiger partial charge in [-0.1, -0.05) is 48.1 Å². The van der Waals surface area contributed by atoms with Gasteiger partial charge in [0.15, 0.2) is 12.1 Å². The normalized spacial score (nSPS) is 13.7. The first-order valence-electron chi connectivity index (χ1n) is 20.2. The summed E-state index contributed by atoms with van der Waals surface area (Å²) < 4.78 is 53.1. The molecule has 13 heteroatoms. The van der Waals surface area contributed by atoms with Gasteiger partial charge in [0.05, 0.1) is 29.7 Å². The minimum atomic E-state index is -1.32. The van der Waals surface area contributed by atoms with E-state index in [1.165, 1.54) is 5.57 Å². The van der Waals surface area contributed by atoms with Crippen LogP contribution in [0.25, 0.3) is 22.2 Å². The molecule has 2 heterocycles. The number of ether oxygens (including phenoxy) is 3. The van der Waals surface area contributed by atoms with E-state index in [4.69, 9.17) is 23.0 Å². The third kappa shape index (κ3) is 14.5. The van der Waals surface area contributed by atoms with Crippen molar-refractivity contribution >= 4 is 59.0 Å². The summed E-state index contributed by atoms with van der Waals surface area (Å²) in [7, 11) is 1.23. The summed E-state index contributed by atoms with van der Waals surface area (Å²) >= 11 is 1.63. The second-order valence-electron chi connectivity index (χ2n) is 16.5. The molecule has 2 aromatic heterocycles. The van der Waals surface area contributed by atoms with Crippen molar-refractivity contribution < 1.29 is 31.8 Å². The number of rotatable bonds is 19. The van der Waals surface area contributed by atoms with Gasteiger partial charge in [-0.3, -0.25) is 4.72 Å². The largest absolute Gasteiger partial charge is 0.497 e. The molecule has 0 aliphatic carbocycles. The van der Waals surface area contributed by atoms with Gasteiger partial charge < -0.3 is 27.6 Å². The lowest BCUT2D eigenvalue weighted by Crippen LogP contribution is -2.42. The Balaban J connectivity index is 0.000000492. The molecule has 2 aromatic carbocycles. The third-order valence-corrected chi connectivity index (χ3v) is 12.3. The van der Waals surface area contributed by atoms with Crippen molar-refractivity contribution in [2.75, 3.05) is 33.4 Å². The van der Waals surface area contributed by atoms with E-state index >= 15 is 0 Å². The lowest BCUT2D eigenvalue weighted by molar-refractivity contribution is -0.652. The van der Waals surface area contributed by atoms with Crippen molar-refractivity contribution in [3.63, 3.8) is 0 Å². The van der Waals surface area contributed by atoms with Crippen molar-refractivity contribution in [2.45, 2.75) is 138 Å². The summed E-state index contributed by atoms with van der Waals surface area (Å²) in [5.74, 6) is 0.954. The number of hydrogen-bond donors (Lipinski definition) is 2. The highest BCUT2D eigenvalue weighted by Crippen LogP contribution is 2.37. The average Bonchev–Trinajstić information content (AvgIpc) is 3.67. The molecule has 2 N–H and O–H groups in total. The minimum absolute atomic E-state index is 0.0534. The zero-order valence-electron chi connectivity index (χ0n) is 37.1. The van der Waals surface area contributed by atoms with Crippen LogP contribution >= 0.6 is 20.2 Å². The Hall–Kier alpha value is -2.70. The molecule has 0 saturated heterocycles. The van der Waals surface area contributed by atoms with Crippen LogP contribution in [-0.2, 0) is 38.3 Å². The van der Waals surface area contributed by atoms with Crippen LogP contribution in [-0.4, -0.2) is 54.4 Å². The minimum Gasteiger partial charge on any atom is -0.497 e. The molecule has 57 heavy (non-hydrogen) atoms. The standard InChI is InChI=1S/C30H44N4O5PS2.C14H26O/c1-7-33-25-19-23(41-31-15-9-17-36-21(3)4)11-13-27(25)38-29(33)40-30-34(8-2)26-20-24(12-14-28(26)39-30)42(35)32-16-10-18-37-22(5)6;1-10(13(3,4)5)12(15-9)11(2)14(6,7)8/h11-14,19-22,31-32H,7-10,15-18H2,1-6H3;1H2,2-9H3/q+1;/b;12-11-. The molecule has 0 amide bonds. The average molecular weight is 846 g/mol. The summed E-state index contributed by atoms with van der Waals surface area (Å²) in [6, 6.07) is 12.0. The van der Waals surface area contributed by atoms with Crippen LogP contribution in [0.3, 0.4) is 0 Å². The Morgan fingerprint density at radius 3 is 2.12 bits per heavy atom. The summed E-state index contributed by atoms with van der Waals surface area (Å²) in [6.07, 6.45) is 2.23. The van der Waals surface area contributed by atoms with E-state index in [9.17, 15) is 4.21 Å². The first-order chi connectivity index (χ1) is 26.8. The van der Waals surface area contributed by atoms with Crippen molar-refractivity contribution in [3.05, 3.63) is 65.1 Å². The zero-order valence-corrected chi connectivity index (χ0v) is 39.6. The number of allylic oxidation sites excluding steroid dienone is 2. The maximum absolute atomic E-state index is 12.9. The van der Waals surface area contributed by atoms with Gasteiger partial charge in [-0.05, 0) is 126 Å². The summed E-state index contributed by atoms with van der Waals surface area (Å²) in [6.45, 7) is 36.0. The molecule has 0 spiro atoms. The Kier molecular flexibility index (Phi) is 19.3. The van der Waals surface area contributed by atoms with E-state index in [1.807, 2.05) is 38.1 Å². The summed E-state index contributed by atoms with van der Waals surface area (Å²) in [5.41, 5.74) is 6.88. The van der Waals surface area contributed by atoms with Crippen molar-refractivity contribution in [2.24, 2.45) is 10.8 Å². The molecule has 0 aliphatic rings. The van der Waals surface area contributed by atoms with Gasteiger partial charge in [0.25, 0.3) is 5.52 Å². The number of hydrogen-bond acceptors (Lipinski definition) is 8. The highest BCUT2D eigenvalue weighted by Gasteiger charge is 2.26. The monoisotopic (exact) mass is 845 g/mol. The van der Waals surface area contributed by atoms with Gasteiger partial charge in [-0.2, -0.15) is 4.57 Å². The van der Waals surface area contributed by atoms with Crippen molar-refractivity contribution in [1.29, 1.82) is 0 Å². The van der Waals surface area contributed by atoms with E-state index in [1.54, 1.807) is 19.1 Å². The first-order valence-corrected chi connectivity index (χ1v) is 23.1. The molecular weight excluding hydrogens is 776 g/mol. The molecule has 0 bridgehead atoms. The van der Waals surface area contributed by atoms with E-state index in [0.29, 0.717) is 19.7 Å². The summed E-state index contributed by atoms with van der Waals surface area (Å²) in [4.78, 5) is 1.85. The third-order valence-electron chi connectivity index (χ3n) is 9.26. The second-order valence-corrected chi connectivity index (χ2v) is 19.7. The van der Waals surface area contributed by atoms with Crippen LogP contribution in [0.5, 0.6) is 0 Å². The highest BCUT2D eigenvalue weighted by molar-refractivity contribution is 7.97. The molecule has 1 atom stereocenters. The fraction of sp³-hybridized carbons (Fsp3) is 0.591. The quantitative estimate of drug-likeness (QED) is 0.0240. The molecule has 0 fully saturated rings. The number of aromatic nitrogens is 2. The second kappa shape index (κ2) is 22.6. The van der Waals surface area contributed by atoms with E-state index in [-0.39, 0.29) is 23.0 Å². The molecule has 4 rings (SSSR count). The lowest BCUT2D eigenvalue weighted by Gasteiger charge is -2.29. The first kappa shape index (κ1) is 48.7. The Labute approximate surface area is 350 Å². The number of oxazole rings is 2. The molecule has 10 nitrogen and oxygen atoms in total. The maximum Gasteiger partial charge on any atom is 0.404 e. The van der Waals surface area contributed by atoms with E-state index in [0.717, 1.165) is 95.0 Å². The van der Waals surface area contributed by atoms with Crippen LogP contribution in [0, 0.1) is 16.1 Å². The fourth-order valence-electron chi connectivity index (χ4n) is 5.56. The maximum atomic E-state index is 12.9. The van der Waals surface area contributed by atoms with Gasteiger partial charge in [-0.25, -0.2) is 8.93 Å². The predicted octanol–water partition coefficient (Wildman–Crippen LogP) is 10.5. The van der Waals surface area contributed by atoms with Crippen LogP contribution in [0.15, 0.2) is 78.5 Å². The SMILES string of the molecule is C=C(/C(OC)=C(\C)C(C)(C)C)C(C)(C)C.CCn1c(=Pc2oc3ccc(SNCCCOC(C)C)cc3[n+]2CC)oc2ccc(S(=O)NCCCOC(C)C)cc21. The lowest BCUT2D eigenvalue weighted by atomic mass is 9.80. The molecular formula is C44H70N4O6PS2+. The smallest absolute Gasteiger partial charge is 0.404 e. The molecule has 0 saturated carbocycles. The van der Waals surface area contributed by atoms with Gasteiger partial charge in [-0.15, -0.1) is 0 Å². The Morgan fingerprint density at radius 1 is 0.930 bits per heavy atom. The molecule has 318 valence electrons. The number of nitrogens with zero attached hydrogens (tertiary/aromatic N) is 2. The van der Waals surface area contributed by atoms with Crippen molar-refractivity contribution in [3.8, 4) is 0 Å². The number of fused-ring (bicyclic) bond motifs is 2. The number of methoxy groups -OCH3 is 1. The van der Waals surface area contributed by atoms with Gasteiger partial charge in [0, 0.05) is 43.8 Å². The number of aryl methyl sites for hydroxylation is 2. The Morgan fingerprint density at radius 2 is 1.56 bits per heavy atom. The molecule has 1 unspecified atom stereocenters. The van der Waals surface area contributed by atoms with Crippen LogP contribution in [0.4, 0.5) is 0 Å². The van der Waals surface area contributed by atoms with Gasteiger partial charge in [0.2, 0.25) is 10.8 Å². The molecule has 0 aliphatic heterocycles. The Bertz CT molecular complexity index is 2030. The number of nitrogens with one attached hydrogen (secondary N) is 2. The van der Waals surface area contributed by atoms with Gasteiger partial charge in [0.1, 0.15) is 24.9 Å². The van der Waals surface area contributed by atoms with Crippen LogP contribution in [0.2, 0.25) is 0 Å². The van der Waals surface area contributed by atoms with E-state index < -0.39 is 11.0 Å². The topological polar surface area (TPSA) is 104 Å². The fourth-order valence-corrected chi connectivity index (χ4v) is 8.38. The predicted molar refractivity (Wildman–Crippen MR) is 239 cm³/mol.